The van der Waals surface area contributed by atoms with Crippen molar-refractivity contribution < 1.29 is 0 Å². The van der Waals surface area contributed by atoms with Crippen molar-refractivity contribution in [1.29, 1.82) is 0 Å². The number of nitrogens with zero attached hydrogens (tertiary/aromatic N) is 4. The second-order valence-corrected chi connectivity index (χ2v) is 8.18. The summed E-state index contributed by atoms with van der Waals surface area (Å²) in [4.78, 5) is 1.67. The highest BCUT2D eigenvalue weighted by molar-refractivity contribution is 14.1. The van der Waals surface area contributed by atoms with Gasteiger partial charge >= 0.3 is 16.5 Å². The maximum atomic E-state index is 4.47. The Morgan fingerprint density at radius 2 is 1.94 bits per heavy atom. The molecule has 1 aromatic carbocycles. The number of benzene rings is 1. The standard InChI is InChI=1S/C11H13N4.HI.Mg/c1-11(2,3)15-13-10(12-14-15)9-7-5-4-6-8-9;;/h4-7H,1-3H3;1H;/q;;+1/p-1. The van der Waals surface area contributed by atoms with Crippen molar-refractivity contribution in [1.82, 2.24) is 20.2 Å². The number of halogens is 1. The van der Waals surface area contributed by atoms with Crippen molar-refractivity contribution in [2.75, 3.05) is 0 Å². The van der Waals surface area contributed by atoms with E-state index in [2.05, 4.69) is 73.2 Å². The van der Waals surface area contributed by atoms with E-state index in [9.17, 15) is 0 Å². The third-order valence-electron chi connectivity index (χ3n) is 2.42. The van der Waals surface area contributed by atoms with Gasteiger partial charge in [0.15, 0.2) is 0 Å². The molecule has 0 amide bonds. The molecule has 0 N–H and O–H groups in total. The highest BCUT2D eigenvalue weighted by atomic mass is 127. The minimum Gasteiger partial charge on any atom is -0.291 e. The van der Waals surface area contributed by atoms with E-state index in [1.807, 2.05) is 6.07 Å². The molecule has 6 heteroatoms. The van der Waals surface area contributed by atoms with Crippen LogP contribution in [0.2, 0.25) is 0 Å². The molecule has 0 atom stereocenters. The molecular formula is C11H13IMgN4. The molecule has 17 heavy (non-hydrogen) atoms. The molecule has 0 radical (unpaired) electrons. The van der Waals surface area contributed by atoms with E-state index in [0.717, 1.165) is 11.4 Å². The van der Waals surface area contributed by atoms with Crippen molar-refractivity contribution >= 4 is 39.0 Å². The molecular weight excluding hydrogens is 339 g/mol. The van der Waals surface area contributed by atoms with Gasteiger partial charge in [-0.2, -0.15) is 4.80 Å². The Labute approximate surface area is 120 Å². The van der Waals surface area contributed by atoms with Gasteiger partial charge in [0, 0.05) is 0 Å². The average Bonchev–Trinajstić information content (AvgIpc) is 2.77. The number of aromatic nitrogens is 4. The maximum Gasteiger partial charge on any atom is 0.503 e. The van der Waals surface area contributed by atoms with Crippen molar-refractivity contribution in [3.63, 3.8) is 0 Å². The van der Waals surface area contributed by atoms with E-state index >= 15 is 0 Å². The molecule has 4 nitrogen and oxygen atoms in total. The minimum atomic E-state index is -0.253. The fourth-order valence-electron chi connectivity index (χ4n) is 1.46. The van der Waals surface area contributed by atoms with Gasteiger partial charge in [-0.05, 0) is 31.5 Å². The molecule has 0 bridgehead atoms. The summed E-state index contributed by atoms with van der Waals surface area (Å²) in [5, 5.41) is 12.8. The summed E-state index contributed by atoms with van der Waals surface area (Å²) in [7, 11) is 0. The van der Waals surface area contributed by atoms with E-state index in [4.69, 9.17) is 0 Å². The molecule has 0 fully saturated rings. The summed E-state index contributed by atoms with van der Waals surface area (Å²) >= 11 is 2.23. The summed E-state index contributed by atoms with van der Waals surface area (Å²) < 4.78 is 1.38. The summed E-state index contributed by atoms with van der Waals surface area (Å²) in [6.07, 6.45) is 0. The lowest BCUT2D eigenvalue weighted by Gasteiger charge is -2.15. The van der Waals surface area contributed by atoms with E-state index in [-0.39, 0.29) is 22.0 Å². The lowest BCUT2D eigenvalue weighted by Crippen LogP contribution is -2.24. The highest BCUT2D eigenvalue weighted by Crippen LogP contribution is 2.15. The van der Waals surface area contributed by atoms with Gasteiger partial charge in [0.2, 0.25) is 5.82 Å². The molecule has 2 rings (SSSR count). The Balaban J connectivity index is 2.44. The van der Waals surface area contributed by atoms with Crippen LogP contribution in [0.25, 0.3) is 11.4 Å². The van der Waals surface area contributed by atoms with Crippen LogP contribution in [0.3, 0.4) is 0 Å². The molecule has 1 heterocycles. The van der Waals surface area contributed by atoms with Crippen molar-refractivity contribution in [3.8, 4) is 11.4 Å². The third-order valence-corrected chi connectivity index (χ3v) is 5.79. The highest BCUT2D eigenvalue weighted by Gasteiger charge is 2.18. The number of rotatable bonds is 2. The van der Waals surface area contributed by atoms with Gasteiger partial charge < -0.3 is 0 Å². The smallest absolute Gasteiger partial charge is 0.291 e. The summed E-state index contributed by atoms with van der Waals surface area (Å²) in [6.45, 7) is 6.20. The molecule has 0 aliphatic heterocycles. The van der Waals surface area contributed by atoms with Crippen molar-refractivity contribution in [3.05, 3.63) is 24.3 Å². The number of tetrazole rings is 1. The molecule has 0 spiro atoms. The van der Waals surface area contributed by atoms with Crippen LogP contribution < -0.4 is 3.69 Å². The lowest BCUT2D eigenvalue weighted by atomic mass is 10.1. The van der Waals surface area contributed by atoms with Crippen LogP contribution in [-0.2, 0) is 5.54 Å². The Bertz CT molecular complexity index is 518. The quantitative estimate of drug-likeness (QED) is 0.611. The maximum absolute atomic E-state index is 4.47. The van der Waals surface area contributed by atoms with Crippen LogP contribution in [0.15, 0.2) is 24.3 Å². The Morgan fingerprint density at radius 3 is 2.53 bits per heavy atom. The first-order chi connectivity index (χ1) is 8.02. The molecule has 86 valence electrons. The first-order valence-corrected chi connectivity index (χ1v) is 11.3. The SMILES string of the molecule is CC(C)(C)n1nnc(-c2cccc[c]2[Mg][I])n1. The third kappa shape index (κ3) is 2.97. The van der Waals surface area contributed by atoms with Crippen LogP contribution in [0, 0.1) is 0 Å². The second-order valence-electron chi connectivity index (χ2n) is 4.86. The van der Waals surface area contributed by atoms with Crippen molar-refractivity contribution in [2.24, 2.45) is 0 Å². The van der Waals surface area contributed by atoms with E-state index in [1.54, 1.807) is 4.80 Å². The molecule has 2 aromatic rings. The molecule has 0 aliphatic rings. The molecule has 0 unspecified atom stereocenters. The number of hydrogen-bond acceptors (Lipinski definition) is 3. The topological polar surface area (TPSA) is 43.6 Å². The van der Waals surface area contributed by atoms with Crippen LogP contribution in [0.1, 0.15) is 20.8 Å². The second kappa shape index (κ2) is 5.19. The zero-order valence-electron chi connectivity index (χ0n) is 10.2. The van der Waals surface area contributed by atoms with Gasteiger partial charge in [0.25, 0.3) is 0 Å². The fourth-order valence-corrected chi connectivity index (χ4v) is 4.10. The largest absolute Gasteiger partial charge is 0.503 e. The summed E-state index contributed by atoms with van der Waals surface area (Å²) in [6, 6.07) is 8.33. The van der Waals surface area contributed by atoms with Crippen LogP contribution in [0.4, 0.5) is 0 Å². The first-order valence-electron chi connectivity index (χ1n) is 5.47. The molecule has 0 saturated heterocycles. The van der Waals surface area contributed by atoms with E-state index < -0.39 is 0 Å². The average molecular weight is 352 g/mol. The van der Waals surface area contributed by atoms with Crippen molar-refractivity contribution in [2.45, 2.75) is 26.3 Å². The lowest BCUT2D eigenvalue weighted by molar-refractivity contribution is 0.306. The van der Waals surface area contributed by atoms with Gasteiger partial charge in [0.05, 0.1) is 5.54 Å². The number of hydrogen-bond donors (Lipinski definition) is 0. The first kappa shape index (κ1) is 13.2. The Kier molecular flexibility index (Phi) is 4.04. The Hall–Kier alpha value is -0.214. The van der Waals surface area contributed by atoms with Gasteiger partial charge in [-0.25, -0.2) is 0 Å². The van der Waals surface area contributed by atoms with Crippen LogP contribution in [-0.4, -0.2) is 36.7 Å². The van der Waals surface area contributed by atoms with Gasteiger partial charge in [-0.15, -0.1) is 13.9 Å². The van der Waals surface area contributed by atoms with Gasteiger partial charge in [0.1, 0.15) is 0 Å². The monoisotopic (exact) mass is 352 g/mol. The minimum absolute atomic E-state index is 0.123. The predicted molar refractivity (Wildman–Crippen MR) is 77.7 cm³/mol. The fraction of sp³-hybridized carbons (Fsp3) is 0.364. The molecule has 0 saturated carbocycles. The zero-order valence-corrected chi connectivity index (χ0v) is 13.8. The predicted octanol–water partition coefficient (Wildman–Crippen LogP) is 1.77. The molecule has 0 aliphatic carbocycles. The summed E-state index contributed by atoms with van der Waals surface area (Å²) in [5.74, 6) is 0.736. The van der Waals surface area contributed by atoms with Crippen LogP contribution in [0.5, 0.6) is 0 Å². The Morgan fingerprint density at radius 1 is 1.24 bits per heavy atom. The molecule has 1 aromatic heterocycles. The zero-order chi connectivity index (χ0) is 12.5. The summed E-state index contributed by atoms with van der Waals surface area (Å²) in [5.41, 5.74) is 1.01. The van der Waals surface area contributed by atoms with Crippen LogP contribution >= 0.6 is 18.9 Å². The van der Waals surface area contributed by atoms with E-state index in [0.29, 0.717) is 0 Å². The normalized spacial score (nSPS) is 11.3. The van der Waals surface area contributed by atoms with Gasteiger partial charge in [-0.1, -0.05) is 24.3 Å². The van der Waals surface area contributed by atoms with Gasteiger partial charge in [-0.3, -0.25) is 18.9 Å². The van der Waals surface area contributed by atoms with E-state index in [1.165, 1.54) is 3.69 Å².